The number of fused-ring (bicyclic) bond motifs is 3. The molecule has 0 amide bonds. The van der Waals surface area contributed by atoms with E-state index in [1.165, 1.54) is 0 Å². The van der Waals surface area contributed by atoms with Gasteiger partial charge in [0.25, 0.3) is 5.78 Å². The largest absolute Gasteiger partial charge is 0.354 e. The van der Waals surface area contributed by atoms with E-state index >= 15 is 0 Å². The van der Waals surface area contributed by atoms with E-state index in [1.807, 2.05) is 10.5 Å². The first-order chi connectivity index (χ1) is 9.85. The second-order valence-electron chi connectivity index (χ2n) is 4.32. The number of hydrogen-bond acceptors (Lipinski definition) is 4. The van der Waals surface area contributed by atoms with Crippen molar-refractivity contribution in [1.29, 1.82) is 0 Å². The molecule has 3 aromatic rings. The molecule has 2 heterocycles. The fourth-order valence-electron chi connectivity index (χ4n) is 2.27. The van der Waals surface area contributed by atoms with Crippen molar-refractivity contribution in [3.8, 4) is 0 Å². The monoisotopic (exact) mass is 493 g/mol. The molecule has 0 saturated heterocycles. The Morgan fingerprint density at radius 3 is 2.60 bits per heavy atom. The lowest BCUT2D eigenvalue weighted by Gasteiger charge is -2.23. The summed E-state index contributed by atoms with van der Waals surface area (Å²) >= 11 is 4.81. The molecular formula is C13H13I2N5. The van der Waals surface area contributed by atoms with E-state index < -0.39 is 0 Å². The van der Waals surface area contributed by atoms with Gasteiger partial charge in [-0.15, -0.1) is 10.2 Å². The molecule has 7 heteroatoms. The summed E-state index contributed by atoms with van der Waals surface area (Å²) in [5, 5.41) is 9.22. The molecule has 104 valence electrons. The molecule has 0 bridgehead atoms. The average molecular weight is 493 g/mol. The Labute approximate surface area is 144 Å². The summed E-state index contributed by atoms with van der Waals surface area (Å²) < 4.78 is 4.08. The summed E-state index contributed by atoms with van der Waals surface area (Å²) in [7, 11) is 0. The molecule has 0 unspecified atom stereocenters. The standard InChI is InChI=1S/C13H13I2N5/c14-5-7-19(8-6-15)12-10-3-1-2-4-11(10)20-9-16-18-13(20)17-12/h1-4,9H,5-8H2. The first-order valence-electron chi connectivity index (χ1n) is 6.30. The van der Waals surface area contributed by atoms with Crippen LogP contribution in [0.1, 0.15) is 0 Å². The van der Waals surface area contributed by atoms with Crippen molar-refractivity contribution in [2.75, 3.05) is 26.8 Å². The molecule has 0 aliphatic heterocycles. The van der Waals surface area contributed by atoms with Gasteiger partial charge in [0.15, 0.2) is 0 Å². The number of para-hydroxylation sites is 1. The van der Waals surface area contributed by atoms with Crippen LogP contribution in [0.15, 0.2) is 30.6 Å². The number of halogens is 2. The summed E-state index contributed by atoms with van der Waals surface area (Å²) in [4.78, 5) is 7.04. The first-order valence-corrected chi connectivity index (χ1v) is 9.35. The van der Waals surface area contributed by atoms with Gasteiger partial charge in [-0.3, -0.25) is 4.40 Å². The topological polar surface area (TPSA) is 46.3 Å². The molecule has 20 heavy (non-hydrogen) atoms. The Kier molecular flexibility index (Phi) is 4.54. The van der Waals surface area contributed by atoms with Gasteiger partial charge in [0.2, 0.25) is 0 Å². The number of rotatable bonds is 5. The van der Waals surface area contributed by atoms with Crippen molar-refractivity contribution in [2.24, 2.45) is 0 Å². The Bertz CT molecular complexity index is 721. The molecule has 0 N–H and O–H groups in total. The first kappa shape index (κ1) is 14.2. The van der Waals surface area contributed by atoms with Gasteiger partial charge in [0.1, 0.15) is 12.1 Å². The zero-order chi connectivity index (χ0) is 13.9. The summed E-state index contributed by atoms with van der Waals surface area (Å²) in [5.41, 5.74) is 1.10. The lowest BCUT2D eigenvalue weighted by Crippen LogP contribution is -2.28. The molecule has 0 atom stereocenters. The fourth-order valence-corrected chi connectivity index (χ4v) is 3.44. The van der Waals surface area contributed by atoms with Crippen molar-refractivity contribution >= 4 is 67.7 Å². The molecule has 5 nitrogen and oxygen atoms in total. The lowest BCUT2D eigenvalue weighted by atomic mass is 10.2. The van der Waals surface area contributed by atoms with Crippen LogP contribution in [-0.2, 0) is 0 Å². The summed E-state index contributed by atoms with van der Waals surface area (Å²) in [6, 6.07) is 8.29. The van der Waals surface area contributed by atoms with E-state index in [0.29, 0.717) is 5.78 Å². The Morgan fingerprint density at radius 2 is 1.85 bits per heavy atom. The fraction of sp³-hybridized carbons (Fsp3) is 0.308. The van der Waals surface area contributed by atoms with Gasteiger partial charge in [0.05, 0.1) is 5.52 Å². The maximum absolute atomic E-state index is 4.71. The Morgan fingerprint density at radius 1 is 1.10 bits per heavy atom. The SMILES string of the molecule is ICCN(CCI)c1nc2nncn2c2ccccc12. The van der Waals surface area contributed by atoms with Crippen molar-refractivity contribution in [3.05, 3.63) is 30.6 Å². The van der Waals surface area contributed by atoms with Crippen LogP contribution in [0.2, 0.25) is 0 Å². The predicted molar refractivity (Wildman–Crippen MR) is 98.3 cm³/mol. The molecule has 1 aromatic carbocycles. The zero-order valence-corrected chi connectivity index (χ0v) is 15.0. The maximum atomic E-state index is 4.71. The van der Waals surface area contributed by atoms with Gasteiger partial charge in [-0.1, -0.05) is 57.3 Å². The normalized spacial score (nSPS) is 11.3. The number of nitrogens with zero attached hydrogens (tertiary/aromatic N) is 5. The van der Waals surface area contributed by atoms with Crippen molar-refractivity contribution in [2.45, 2.75) is 0 Å². The third-order valence-corrected chi connectivity index (χ3v) is 4.11. The molecule has 0 aliphatic carbocycles. The minimum atomic E-state index is 0.658. The number of aromatic nitrogens is 4. The molecule has 0 fully saturated rings. The number of alkyl halides is 2. The third kappa shape index (κ3) is 2.57. The summed E-state index contributed by atoms with van der Waals surface area (Å²) in [6.45, 7) is 1.98. The van der Waals surface area contributed by atoms with Crippen LogP contribution >= 0.6 is 45.2 Å². The summed E-state index contributed by atoms with van der Waals surface area (Å²) in [6.07, 6.45) is 1.72. The van der Waals surface area contributed by atoms with Gasteiger partial charge < -0.3 is 4.90 Å². The van der Waals surface area contributed by atoms with E-state index in [4.69, 9.17) is 4.98 Å². The van der Waals surface area contributed by atoms with Gasteiger partial charge in [0, 0.05) is 27.3 Å². The van der Waals surface area contributed by atoms with Gasteiger partial charge in [-0.2, -0.15) is 4.98 Å². The van der Waals surface area contributed by atoms with Crippen LogP contribution in [0, 0.1) is 0 Å². The molecule has 0 spiro atoms. The quantitative estimate of drug-likeness (QED) is 0.406. The van der Waals surface area contributed by atoms with Crippen LogP contribution in [0.25, 0.3) is 16.7 Å². The second-order valence-corrected chi connectivity index (χ2v) is 6.48. The molecule has 0 aliphatic rings. The number of anilines is 1. The van der Waals surface area contributed by atoms with Crippen LogP contribution in [-0.4, -0.2) is 41.5 Å². The Balaban J connectivity index is 2.25. The van der Waals surface area contributed by atoms with Gasteiger partial charge >= 0.3 is 0 Å². The van der Waals surface area contributed by atoms with E-state index in [0.717, 1.165) is 38.7 Å². The molecule has 0 radical (unpaired) electrons. The molecule has 0 saturated carbocycles. The lowest BCUT2D eigenvalue weighted by molar-refractivity contribution is 0.873. The van der Waals surface area contributed by atoms with Crippen molar-refractivity contribution in [1.82, 2.24) is 19.6 Å². The summed E-state index contributed by atoms with van der Waals surface area (Å²) in [5.74, 6) is 1.67. The Hall–Kier alpha value is -0.710. The van der Waals surface area contributed by atoms with E-state index in [2.05, 4.69) is 78.5 Å². The zero-order valence-electron chi connectivity index (χ0n) is 10.7. The smallest absolute Gasteiger partial charge is 0.257 e. The van der Waals surface area contributed by atoms with Crippen molar-refractivity contribution < 1.29 is 0 Å². The molecule has 2 aromatic heterocycles. The van der Waals surface area contributed by atoms with Crippen molar-refractivity contribution in [3.63, 3.8) is 0 Å². The minimum absolute atomic E-state index is 0.658. The minimum Gasteiger partial charge on any atom is -0.354 e. The predicted octanol–water partition coefficient (Wildman–Crippen LogP) is 2.95. The van der Waals surface area contributed by atoms with Gasteiger partial charge in [-0.05, 0) is 12.1 Å². The number of hydrogen-bond donors (Lipinski definition) is 0. The second kappa shape index (κ2) is 6.37. The van der Waals surface area contributed by atoms with E-state index in [9.17, 15) is 0 Å². The number of benzene rings is 1. The highest BCUT2D eigenvalue weighted by molar-refractivity contribution is 14.1. The highest BCUT2D eigenvalue weighted by atomic mass is 127. The van der Waals surface area contributed by atoms with Gasteiger partial charge in [-0.25, -0.2) is 0 Å². The highest BCUT2D eigenvalue weighted by Crippen LogP contribution is 2.25. The van der Waals surface area contributed by atoms with Crippen LogP contribution in [0.3, 0.4) is 0 Å². The molecular weight excluding hydrogens is 480 g/mol. The average Bonchev–Trinajstić information content (AvgIpc) is 2.95. The maximum Gasteiger partial charge on any atom is 0.257 e. The highest BCUT2D eigenvalue weighted by Gasteiger charge is 2.14. The van der Waals surface area contributed by atoms with E-state index in [-0.39, 0.29) is 0 Å². The molecule has 3 rings (SSSR count). The third-order valence-electron chi connectivity index (χ3n) is 3.15. The van der Waals surface area contributed by atoms with Crippen LogP contribution in [0.4, 0.5) is 5.82 Å². The van der Waals surface area contributed by atoms with Crippen LogP contribution in [0.5, 0.6) is 0 Å². The van der Waals surface area contributed by atoms with E-state index in [1.54, 1.807) is 6.33 Å². The van der Waals surface area contributed by atoms with Crippen LogP contribution < -0.4 is 4.90 Å².